The molecule has 0 amide bonds. The average molecular weight is 544 g/mol. The summed E-state index contributed by atoms with van der Waals surface area (Å²) in [7, 11) is 0. The molecule has 4 aromatic rings. The van der Waals surface area contributed by atoms with Crippen LogP contribution in [-0.2, 0) is 30.9 Å². The van der Waals surface area contributed by atoms with Crippen LogP contribution < -0.4 is 11.1 Å². The minimum absolute atomic E-state index is 0.347. The molecule has 6 nitrogen and oxygen atoms in total. The number of fused-ring (bicyclic) bond motifs is 1. The number of anilines is 1. The van der Waals surface area contributed by atoms with Crippen LogP contribution in [0.2, 0.25) is 0 Å². The van der Waals surface area contributed by atoms with E-state index in [9.17, 15) is 5.41 Å². The van der Waals surface area contributed by atoms with Gasteiger partial charge in [0.1, 0.15) is 12.3 Å². The van der Waals surface area contributed by atoms with Crippen molar-refractivity contribution in [3.05, 3.63) is 136 Å². The molecular formula is C35H37N5O. The number of allylic oxidation sites excluding steroid dienone is 4. The molecule has 2 aliphatic rings. The van der Waals surface area contributed by atoms with Gasteiger partial charge in [0.15, 0.2) is 5.82 Å². The smallest absolute Gasteiger partial charge is 0.159 e. The lowest BCUT2D eigenvalue weighted by atomic mass is 9.83. The first-order valence-electron chi connectivity index (χ1n) is 14.5. The van der Waals surface area contributed by atoms with Gasteiger partial charge in [0.25, 0.3) is 0 Å². The summed E-state index contributed by atoms with van der Waals surface area (Å²) in [6.07, 6.45) is 7.03. The molecule has 4 N–H and O–H groups in total. The normalized spacial score (nSPS) is 16.5. The summed E-state index contributed by atoms with van der Waals surface area (Å²) >= 11 is 0. The number of imidazole rings is 1. The quantitative estimate of drug-likeness (QED) is 0.166. The van der Waals surface area contributed by atoms with Gasteiger partial charge in [-0.05, 0) is 46.7 Å². The third-order valence-electron chi connectivity index (χ3n) is 8.14. The van der Waals surface area contributed by atoms with Gasteiger partial charge in [-0.1, -0.05) is 85.8 Å². The van der Waals surface area contributed by atoms with E-state index in [0.29, 0.717) is 41.9 Å². The molecular weight excluding hydrogens is 506 g/mol. The Morgan fingerprint density at radius 1 is 1.02 bits per heavy atom. The summed E-state index contributed by atoms with van der Waals surface area (Å²) in [5, 5.41) is 12.6. The largest absolute Gasteiger partial charge is 0.493 e. The third-order valence-corrected chi connectivity index (χ3v) is 8.14. The summed E-state index contributed by atoms with van der Waals surface area (Å²) in [5.41, 5.74) is 15.3. The number of nitrogens with zero attached hydrogens (tertiary/aromatic N) is 2. The lowest BCUT2D eigenvalue weighted by molar-refractivity contribution is 0.182. The van der Waals surface area contributed by atoms with Gasteiger partial charge in [-0.2, -0.15) is 0 Å². The van der Waals surface area contributed by atoms with E-state index in [4.69, 9.17) is 15.5 Å². The Morgan fingerprint density at radius 3 is 2.51 bits per heavy atom. The second-order valence-corrected chi connectivity index (χ2v) is 10.8. The van der Waals surface area contributed by atoms with Crippen LogP contribution in [0.5, 0.6) is 0 Å². The van der Waals surface area contributed by atoms with Gasteiger partial charge < -0.3 is 20.4 Å². The lowest BCUT2D eigenvalue weighted by Gasteiger charge is -2.25. The number of hydrogen-bond donors (Lipinski definition) is 3. The van der Waals surface area contributed by atoms with Gasteiger partial charge in [0.2, 0.25) is 0 Å². The molecule has 0 bridgehead atoms. The summed E-state index contributed by atoms with van der Waals surface area (Å²) in [6.45, 7) is 5.12. The van der Waals surface area contributed by atoms with Crippen LogP contribution in [0.15, 0.2) is 96.8 Å². The van der Waals surface area contributed by atoms with Crippen molar-refractivity contribution in [2.24, 2.45) is 5.92 Å². The van der Waals surface area contributed by atoms with E-state index in [2.05, 4.69) is 71.4 Å². The molecule has 1 atom stereocenters. The Kier molecular flexibility index (Phi) is 7.83. The highest BCUT2D eigenvalue weighted by molar-refractivity contribution is 6.12. The first kappa shape index (κ1) is 26.8. The highest BCUT2D eigenvalue weighted by Gasteiger charge is 2.25. The van der Waals surface area contributed by atoms with Gasteiger partial charge in [0.05, 0.1) is 11.5 Å². The Balaban J connectivity index is 1.26. The number of rotatable bonds is 9. The van der Waals surface area contributed by atoms with Gasteiger partial charge in [0, 0.05) is 49.4 Å². The van der Waals surface area contributed by atoms with Crippen LogP contribution in [0.4, 0.5) is 5.69 Å². The summed E-state index contributed by atoms with van der Waals surface area (Å²) in [6, 6.07) is 26.8. The second kappa shape index (κ2) is 12.0. The predicted octanol–water partition coefficient (Wildman–Crippen LogP) is 6.49. The summed E-state index contributed by atoms with van der Waals surface area (Å²) in [4.78, 5) is 4.94. The molecule has 1 aromatic heterocycles. The van der Waals surface area contributed by atoms with Crippen molar-refractivity contribution in [2.75, 3.05) is 12.3 Å². The Hall–Kier alpha value is -4.42. The molecule has 1 aliphatic carbocycles. The maximum Gasteiger partial charge on any atom is 0.159 e. The van der Waals surface area contributed by atoms with Gasteiger partial charge >= 0.3 is 0 Å². The fourth-order valence-corrected chi connectivity index (χ4v) is 5.88. The molecule has 1 aliphatic heterocycles. The number of nitrogens with two attached hydrogens (primary N) is 1. The predicted molar refractivity (Wildman–Crippen MR) is 166 cm³/mol. The van der Waals surface area contributed by atoms with Crippen molar-refractivity contribution in [1.82, 2.24) is 14.9 Å². The molecule has 208 valence electrons. The van der Waals surface area contributed by atoms with E-state index in [1.807, 2.05) is 36.4 Å². The van der Waals surface area contributed by atoms with E-state index in [0.717, 1.165) is 49.4 Å². The summed E-state index contributed by atoms with van der Waals surface area (Å²) < 4.78 is 8.35. The first-order valence-corrected chi connectivity index (χ1v) is 14.5. The lowest BCUT2D eigenvalue weighted by Crippen LogP contribution is -2.25. The van der Waals surface area contributed by atoms with Crippen molar-refractivity contribution < 1.29 is 4.74 Å². The molecule has 0 saturated heterocycles. The number of nitrogens with one attached hydrogen (secondary N) is 2. The highest BCUT2D eigenvalue weighted by atomic mass is 16.5. The van der Waals surface area contributed by atoms with Crippen molar-refractivity contribution >= 4 is 17.0 Å². The van der Waals surface area contributed by atoms with Crippen molar-refractivity contribution in [3.8, 4) is 0 Å². The molecule has 2 heterocycles. The monoisotopic (exact) mass is 543 g/mol. The SMILES string of the molecule is CCC1CC(OCc2ccccc2)=CC=C1c1ccc(C(=N)c2nc3c(n2Cc2ccccc2)CCNC3)c(N)c1. The van der Waals surface area contributed by atoms with Crippen LogP contribution in [0.25, 0.3) is 5.57 Å². The van der Waals surface area contributed by atoms with Crippen LogP contribution in [0, 0.1) is 11.3 Å². The van der Waals surface area contributed by atoms with Crippen LogP contribution in [-0.4, -0.2) is 21.8 Å². The van der Waals surface area contributed by atoms with Crippen LogP contribution >= 0.6 is 0 Å². The maximum atomic E-state index is 9.21. The van der Waals surface area contributed by atoms with E-state index in [-0.39, 0.29) is 0 Å². The maximum absolute atomic E-state index is 9.21. The topological polar surface area (TPSA) is 89.0 Å². The zero-order valence-corrected chi connectivity index (χ0v) is 23.6. The molecule has 0 spiro atoms. The molecule has 0 fully saturated rings. The fourth-order valence-electron chi connectivity index (χ4n) is 5.88. The van der Waals surface area contributed by atoms with Crippen LogP contribution in [0.3, 0.4) is 0 Å². The molecule has 1 unspecified atom stereocenters. The molecule has 0 radical (unpaired) electrons. The second-order valence-electron chi connectivity index (χ2n) is 10.8. The Morgan fingerprint density at radius 2 is 1.78 bits per heavy atom. The zero-order chi connectivity index (χ0) is 28.2. The first-order chi connectivity index (χ1) is 20.1. The molecule has 6 rings (SSSR count). The van der Waals surface area contributed by atoms with E-state index >= 15 is 0 Å². The van der Waals surface area contributed by atoms with Gasteiger partial charge in [-0.25, -0.2) is 4.98 Å². The van der Waals surface area contributed by atoms with Crippen molar-refractivity contribution in [2.45, 2.75) is 45.9 Å². The Labute approximate surface area is 242 Å². The average Bonchev–Trinajstić information content (AvgIpc) is 3.38. The molecule has 0 saturated carbocycles. The highest BCUT2D eigenvalue weighted by Crippen LogP contribution is 2.37. The Bertz CT molecular complexity index is 1600. The van der Waals surface area contributed by atoms with E-state index in [1.54, 1.807) is 0 Å². The molecule has 3 aromatic carbocycles. The summed E-state index contributed by atoms with van der Waals surface area (Å²) in [5.74, 6) is 2.03. The third kappa shape index (κ3) is 5.74. The van der Waals surface area contributed by atoms with Crippen molar-refractivity contribution in [1.29, 1.82) is 5.41 Å². The minimum Gasteiger partial charge on any atom is -0.493 e. The number of aromatic nitrogens is 2. The zero-order valence-electron chi connectivity index (χ0n) is 23.6. The molecule has 41 heavy (non-hydrogen) atoms. The fraction of sp³-hybridized carbons (Fsp3) is 0.257. The standard InChI is InChI=1S/C35H37N5O/c1-2-26-19-28(41-23-25-11-7-4-8-12-25)14-16-29(26)27-13-15-30(31(36)20-27)34(37)35-39-32-21-38-18-17-33(32)40(35)22-24-9-5-3-6-10-24/h3-16,20,26,37-38H,2,17-19,21-23,36H2,1H3. The number of ether oxygens (including phenoxy) is 1. The van der Waals surface area contributed by atoms with Gasteiger partial charge in [-0.15, -0.1) is 0 Å². The van der Waals surface area contributed by atoms with Crippen molar-refractivity contribution in [3.63, 3.8) is 0 Å². The molecule has 6 heteroatoms. The number of hydrogen-bond acceptors (Lipinski definition) is 5. The number of nitrogen functional groups attached to an aromatic ring is 1. The van der Waals surface area contributed by atoms with E-state index < -0.39 is 0 Å². The number of benzene rings is 3. The minimum atomic E-state index is 0.347. The van der Waals surface area contributed by atoms with E-state index in [1.165, 1.54) is 22.4 Å². The van der Waals surface area contributed by atoms with Crippen LogP contribution in [0.1, 0.15) is 59.2 Å². The van der Waals surface area contributed by atoms with Gasteiger partial charge in [-0.3, -0.25) is 5.41 Å².